The molecule has 0 heterocycles. The van der Waals surface area contributed by atoms with Gasteiger partial charge in [0.1, 0.15) is 12.1 Å². The van der Waals surface area contributed by atoms with Crippen LogP contribution in [0.1, 0.15) is 0 Å². The molecule has 0 aromatic heterocycles. The fourth-order valence-corrected chi connectivity index (χ4v) is 0.819. The summed E-state index contributed by atoms with van der Waals surface area (Å²) in [4.78, 5) is 20.7. The number of hydrogen-bond donors (Lipinski definition) is 1. The number of rotatable bonds is 3. The Morgan fingerprint density at radius 2 is 2.20 bits per heavy atom. The minimum absolute atomic E-state index is 0.234. The quantitative estimate of drug-likeness (QED) is 0.772. The van der Waals surface area contributed by atoms with E-state index in [1.54, 1.807) is 0 Å². The minimum atomic E-state index is -0.990. The number of amides is 1. The monoisotopic (exact) mass is 215 g/mol. The number of carbonyl (C=O) groups excluding carboxylic acids is 2. The first-order chi connectivity index (χ1) is 7.13. The molecule has 4 nitrogen and oxygen atoms in total. The molecule has 0 bridgehead atoms. The van der Waals surface area contributed by atoms with Gasteiger partial charge in [0.25, 0.3) is 0 Å². The molecule has 0 aliphatic heterocycles. The number of halogens is 2. The van der Waals surface area contributed by atoms with E-state index in [-0.39, 0.29) is 6.54 Å². The van der Waals surface area contributed by atoms with Crippen LogP contribution >= 0.6 is 0 Å². The van der Waals surface area contributed by atoms with E-state index in [1.165, 1.54) is 0 Å². The molecule has 0 spiro atoms. The van der Waals surface area contributed by atoms with Crippen LogP contribution in [0.4, 0.5) is 13.6 Å². The lowest BCUT2D eigenvalue weighted by Crippen LogP contribution is -2.28. The van der Waals surface area contributed by atoms with Crippen LogP contribution in [0.5, 0.6) is 5.75 Å². The maximum absolute atomic E-state index is 12.9. The second kappa shape index (κ2) is 5.04. The van der Waals surface area contributed by atoms with Crippen LogP contribution in [0.2, 0.25) is 0 Å². The Morgan fingerprint density at radius 1 is 1.47 bits per heavy atom. The normalized spacial score (nSPS) is 9.47. The van der Waals surface area contributed by atoms with Gasteiger partial charge in [-0.05, 0) is 12.1 Å². The lowest BCUT2D eigenvalue weighted by Gasteiger charge is -2.04. The molecular weight excluding hydrogens is 208 g/mol. The third-order valence-corrected chi connectivity index (χ3v) is 1.43. The molecule has 0 unspecified atom stereocenters. The average Bonchev–Trinajstić information content (AvgIpc) is 2.19. The SMILES string of the molecule is O=CCNC(=O)Oc1ccc(F)cc1F. The fraction of sp³-hybridized carbons (Fsp3) is 0.111. The van der Waals surface area contributed by atoms with Gasteiger partial charge in [-0.15, -0.1) is 0 Å². The van der Waals surface area contributed by atoms with Crippen LogP contribution < -0.4 is 10.1 Å². The highest BCUT2D eigenvalue weighted by Gasteiger charge is 2.09. The Balaban J connectivity index is 2.64. The molecule has 0 radical (unpaired) electrons. The molecule has 1 rings (SSSR count). The van der Waals surface area contributed by atoms with Crippen molar-refractivity contribution in [3.05, 3.63) is 29.8 Å². The summed E-state index contributed by atoms with van der Waals surface area (Å²) in [5.41, 5.74) is 0. The van der Waals surface area contributed by atoms with Crippen molar-refractivity contribution in [2.75, 3.05) is 6.54 Å². The number of benzene rings is 1. The van der Waals surface area contributed by atoms with Crippen molar-refractivity contribution >= 4 is 12.4 Å². The number of hydrogen-bond acceptors (Lipinski definition) is 3. The summed E-state index contributed by atoms with van der Waals surface area (Å²) in [7, 11) is 0. The lowest BCUT2D eigenvalue weighted by atomic mass is 10.3. The molecule has 0 aliphatic carbocycles. The Hall–Kier alpha value is -1.98. The second-order valence-corrected chi connectivity index (χ2v) is 2.51. The molecular formula is C9H7F2NO3. The Kier molecular flexibility index (Phi) is 3.73. The van der Waals surface area contributed by atoms with Crippen molar-refractivity contribution in [2.24, 2.45) is 0 Å². The van der Waals surface area contributed by atoms with Gasteiger partial charge >= 0.3 is 6.09 Å². The second-order valence-electron chi connectivity index (χ2n) is 2.51. The molecule has 0 saturated heterocycles. The van der Waals surface area contributed by atoms with Gasteiger partial charge in [-0.25, -0.2) is 13.6 Å². The van der Waals surface area contributed by atoms with Crippen molar-refractivity contribution in [1.29, 1.82) is 0 Å². The van der Waals surface area contributed by atoms with Gasteiger partial charge in [0.2, 0.25) is 0 Å². The molecule has 80 valence electrons. The van der Waals surface area contributed by atoms with E-state index in [1.807, 2.05) is 5.32 Å². The van der Waals surface area contributed by atoms with Gasteiger partial charge in [0.05, 0.1) is 6.54 Å². The largest absolute Gasteiger partial charge is 0.413 e. The minimum Gasteiger partial charge on any atom is -0.407 e. The third-order valence-electron chi connectivity index (χ3n) is 1.43. The fourth-order valence-electron chi connectivity index (χ4n) is 0.819. The highest BCUT2D eigenvalue weighted by Crippen LogP contribution is 2.17. The first kappa shape index (κ1) is 11.1. The van der Waals surface area contributed by atoms with E-state index in [9.17, 15) is 18.4 Å². The molecule has 1 amide bonds. The van der Waals surface area contributed by atoms with E-state index in [0.29, 0.717) is 12.4 Å². The van der Waals surface area contributed by atoms with Crippen molar-refractivity contribution in [3.8, 4) is 5.75 Å². The van der Waals surface area contributed by atoms with Gasteiger partial charge in [-0.1, -0.05) is 0 Å². The number of nitrogens with one attached hydrogen (secondary N) is 1. The zero-order chi connectivity index (χ0) is 11.3. The van der Waals surface area contributed by atoms with Crippen LogP contribution in [-0.4, -0.2) is 18.9 Å². The highest BCUT2D eigenvalue weighted by molar-refractivity contribution is 5.73. The summed E-state index contributed by atoms with van der Waals surface area (Å²) in [6, 6.07) is 2.51. The maximum Gasteiger partial charge on any atom is 0.413 e. The zero-order valence-corrected chi connectivity index (χ0v) is 7.50. The number of aldehydes is 1. The van der Waals surface area contributed by atoms with E-state index in [2.05, 4.69) is 4.74 Å². The van der Waals surface area contributed by atoms with Crippen LogP contribution in [0.15, 0.2) is 18.2 Å². The molecule has 1 aromatic carbocycles. The van der Waals surface area contributed by atoms with Crippen molar-refractivity contribution in [3.63, 3.8) is 0 Å². The first-order valence-electron chi connectivity index (χ1n) is 3.98. The third kappa shape index (κ3) is 3.34. The van der Waals surface area contributed by atoms with Crippen LogP contribution in [0.3, 0.4) is 0 Å². The zero-order valence-electron chi connectivity index (χ0n) is 7.50. The molecule has 0 fully saturated rings. The van der Waals surface area contributed by atoms with Crippen molar-refractivity contribution in [2.45, 2.75) is 0 Å². The molecule has 0 atom stereocenters. The van der Waals surface area contributed by atoms with Gasteiger partial charge in [-0.3, -0.25) is 0 Å². The Morgan fingerprint density at radius 3 is 2.80 bits per heavy atom. The highest BCUT2D eigenvalue weighted by atomic mass is 19.1. The van der Waals surface area contributed by atoms with Gasteiger partial charge in [0.15, 0.2) is 11.6 Å². The predicted octanol–water partition coefficient (Wildman–Crippen LogP) is 1.25. The van der Waals surface area contributed by atoms with Crippen LogP contribution in [0, 0.1) is 11.6 Å². The molecule has 1 N–H and O–H groups in total. The standard InChI is InChI=1S/C9H7F2NO3/c10-6-1-2-8(7(11)5-6)15-9(14)12-3-4-13/h1-2,4-5H,3H2,(H,12,14). The molecule has 0 aliphatic rings. The predicted molar refractivity (Wildman–Crippen MR) is 46.4 cm³/mol. The van der Waals surface area contributed by atoms with Crippen LogP contribution in [-0.2, 0) is 4.79 Å². The average molecular weight is 215 g/mol. The molecule has 6 heteroatoms. The molecule has 0 saturated carbocycles. The lowest BCUT2D eigenvalue weighted by molar-refractivity contribution is -0.107. The maximum atomic E-state index is 12.9. The summed E-state index contributed by atoms with van der Waals surface area (Å²) in [5, 5.41) is 2.03. The summed E-state index contributed by atoms with van der Waals surface area (Å²) in [5.74, 6) is -2.16. The molecule has 1 aromatic rings. The summed E-state index contributed by atoms with van der Waals surface area (Å²) in [6.07, 6.45) is -0.532. The van der Waals surface area contributed by atoms with E-state index < -0.39 is 23.5 Å². The topological polar surface area (TPSA) is 55.4 Å². The Bertz CT molecular complexity index is 382. The van der Waals surface area contributed by atoms with E-state index >= 15 is 0 Å². The number of ether oxygens (including phenoxy) is 1. The smallest absolute Gasteiger partial charge is 0.407 e. The van der Waals surface area contributed by atoms with E-state index in [4.69, 9.17) is 0 Å². The van der Waals surface area contributed by atoms with E-state index in [0.717, 1.165) is 12.1 Å². The van der Waals surface area contributed by atoms with Crippen molar-refractivity contribution in [1.82, 2.24) is 5.32 Å². The van der Waals surface area contributed by atoms with Crippen LogP contribution in [0.25, 0.3) is 0 Å². The summed E-state index contributed by atoms with van der Waals surface area (Å²) >= 11 is 0. The first-order valence-corrected chi connectivity index (χ1v) is 3.98. The summed E-state index contributed by atoms with van der Waals surface area (Å²) < 4.78 is 29.8. The molecule has 15 heavy (non-hydrogen) atoms. The number of carbonyl (C=O) groups is 2. The van der Waals surface area contributed by atoms with Gasteiger partial charge in [-0.2, -0.15) is 0 Å². The Labute approximate surface area is 83.8 Å². The van der Waals surface area contributed by atoms with Gasteiger partial charge in [0, 0.05) is 6.07 Å². The summed E-state index contributed by atoms with van der Waals surface area (Å²) in [6.45, 7) is -0.234. The van der Waals surface area contributed by atoms with Gasteiger partial charge < -0.3 is 14.8 Å². The van der Waals surface area contributed by atoms with Crippen molar-refractivity contribution < 1.29 is 23.1 Å².